The summed E-state index contributed by atoms with van der Waals surface area (Å²) in [5.74, 6) is -1.81. The van der Waals surface area contributed by atoms with Gasteiger partial charge in [0, 0.05) is 12.1 Å². The van der Waals surface area contributed by atoms with Crippen LogP contribution in [0.25, 0.3) is 22.2 Å². The first-order valence-electron chi connectivity index (χ1n) is 13.0. The average molecular weight is 625 g/mol. The summed E-state index contributed by atoms with van der Waals surface area (Å²) in [6.45, 7) is -0.623. The van der Waals surface area contributed by atoms with Gasteiger partial charge >= 0.3 is 7.82 Å². The molecule has 0 aliphatic carbocycles. The Bertz CT molecular complexity index is 1820. The van der Waals surface area contributed by atoms with E-state index in [1.165, 1.54) is 15.5 Å². The highest BCUT2D eigenvalue weighted by Crippen LogP contribution is 2.51. The fourth-order valence-electron chi connectivity index (χ4n) is 5.69. The number of hydrogen-bond donors (Lipinski definition) is 6. The Morgan fingerprint density at radius 3 is 2.72 bits per heavy atom. The molecule has 7 rings (SSSR count). The van der Waals surface area contributed by atoms with E-state index < -0.39 is 74.9 Å². The minimum absolute atomic E-state index is 0.0381. The molecule has 43 heavy (non-hydrogen) atoms. The van der Waals surface area contributed by atoms with Crippen LogP contribution >= 0.6 is 7.82 Å². The largest absolute Gasteiger partial charge is 0.472 e. The third-order valence-electron chi connectivity index (χ3n) is 7.67. The van der Waals surface area contributed by atoms with Crippen molar-refractivity contribution < 1.29 is 47.3 Å². The monoisotopic (exact) mass is 625 g/mol. The summed E-state index contributed by atoms with van der Waals surface area (Å²) in [4.78, 5) is 41.1. The number of nitrogens with zero attached hydrogens (tertiary/aromatic N) is 6. The number of imidazole rings is 1. The number of nitrogens with two attached hydrogens (primary N) is 2. The molecule has 3 fully saturated rings. The van der Waals surface area contributed by atoms with E-state index in [9.17, 15) is 28.9 Å². The normalized spacial score (nSPS) is 35.2. The van der Waals surface area contributed by atoms with Crippen LogP contribution in [0.5, 0.6) is 0 Å². The van der Waals surface area contributed by atoms with Crippen LogP contribution in [-0.4, -0.2) is 93.1 Å². The van der Waals surface area contributed by atoms with Gasteiger partial charge < -0.3 is 45.4 Å². The summed E-state index contributed by atoms with van der Waals surface area (Å²) in [6, 6.07) is 0. The van der Waals surface area contributed by atoms with Crippen molar-refractivity contribution in [1.82, 2.24) is 34.1 Å². The summed E-state index contributed by atoms with van der Waals surface area (Å²) in [6.07, 6.45) is -5.87. The molecule has 3 aliphatic rings. The molecule has 0 amide bonds. The minimum atomic E-state index is -4.95. The van der Waals surface area contributed by atoms with E-state index in [1.54, 1.807) is 0 Å². The van der Waals surface area contributed by atoms with Crippen molar-refractivity contribution in [3.8, 4) is 0 Å². The number of ether oxygens (including phenoxy) is 3. The van der Waals surface area contributed by atoms with Gasteiger partial charge in [-0.2, -0.15) is 4.98 Å². The molecule has 230 valence electrons. The highest BCUT2D eigenvalue weighted by molar-refractivity contribution is 7.47. The number of anilines is 2. The maximum atomic E-state index is 14.7. The number of nitrogens with one attached hydrogen (secondary N) is 1. The molecule has 0 saturated carbocycles. The van der Waals surface area contributed by atoms with Crippen molar-refractivity contribution in [2.45, 2.75) is 49.6 Å². The number of H-pyrrole nitrogens is 1. The van der Waals surface area contributed by atoms with Crippen LogP contribution < -0.4 is 17.0 Å². The Hall–Kier alpha value is -3.59. The van der Waals surface area contributed by atoms with Crippen molar-refractivity contribution in [3.05, 3.63) is 35.0 Å². The fraction of sp³-hybridized carbons (Fsp3) is 0.500. The SMILES string of the molecule is Nc1nc2c(ncn2[C@@H]2OC3OCC[C@H]4[C@@H](O)[C@H](n5cc(F)c6c(N)ncnc65)O[C@@H]4COP(=O)(O)O[C@@H]2[C@@H]3O)c(=O)[nH]1. The van der Waals surface area contributed by atoms with E-state index in [0.717, 1.165) is 12.5 Å². The first-order chi connectivity index (χ1) is 20.5. The third kappa shape index (κ3) is 4.67. The molecule has 21 heteroatoms. The predicted molar refractivity (Wildman–Crippen MR) is 139 cm³/mol. The van der Waals surface area contributed by atoms with Gasteiger partial charge in [-0.1, -0.05) is 0 Å². The van der Waals surface area contributed by atoms with E-state index in [2.05, 4.69) is 24.9 Å². The maximum absolute atomic E-state index is 14.7. The van der Waals surface area contributed by atoms with E-state index in [4.69, 9.17) is 34.7 Å². The number of hydrogen-bond acceptors (Lipinski definition) is 15. The molecular weight excluding hydrogens is 600 g/mol. The zero-order valence-corrected chi connectivity index (χ0v) is 22.7. The zero-order chi connectivity index (χ0) is 30.2. The molecule has 2 unspecified atom stereocenters. The highest BCUT2D eigenvalue weighted by Gasteiger charge is 2.52. The van der Waals surface area contributed by atoms with Gasteiger partial charge in [-0.05, 0) is 6.42 Å². The van der Waals surface area contributed by atoms with Crippen LogP contribution in [0, 0.1) is 11.7 Å². The van der Waals surface area contributed by atoms with Crippen LogP contribution in [0.15, 0.2) is 23.6 Å². The van der Waals surface area contributed by atoms with Crippen molar-refractivity contribution in [2.75, 3.05) is 24.7 Å². The molecule has 7 heterocycles. The lowest BCUT2D eigenvalue weighted by Gasteiger charge is -2.26. The number of phosphoric ester groups is 1. The Morgan fingerprint density at radius 2 is 1.91 bits per heavy atom. The molecule has 9 atom stereocenters. The van der Waals surface area contributed by atoms with E-state index in [0.29, 0.717) is 0 Å². The average Bonchev–Trinajstić information content (AvgIpc) is 3.68. The number of aromatic nitrogens is 7. The van der Waals surface area contributed by atoms with Gasteiger partial charge in [-0.3, -0.25) is 23.4 Å². The maximum Gasteiger partial charge on any atom is 0.472 e. The first-order valence-corrected chi connectivity index (χ1v) is 14.4. The second-order valence-electron chi connectivity index (χ2n) is 10.2. The van der Waals surface area contributed by atoms with Crippen LogP contribution in [-0.2, 0) is 27.8 Å². The predicted octanol–water partition coefficient (Wildman–Crippen LogP) is -1.12. The van der Waals surface area contributed by atoms with E-state index in [-0.39, 0.29) is 47.0 Å². The summed E-state index contributed by atoms with van der Waals surface area (Å²) in [5, 5.41) is 22.2. The minimum Gasteiger partial charge on any atom is -0.388 e. The van der Waals surface area contributed by atoms with Crippen LogP contribution in [0.1, 0.15) is 18.9 Å². The zero-order valence-electron chi connectivity index (χ0n) is 21.8. The number of nitrogen functional groups attached to an aromatic ring is 2. The van der Waals surface area contributed by atoms with Crippen LogP contribution in [0.3, 0.4) is 0 Å². The van der Waals surface area contributed by atoms with Gasteiger partial charge in [0.15, 0.2) is 41.4 Å². The first kappa shape index (κ1) is 28.2. The Kier molecular flexibility index (Phi) is 6.72. The summed E-state index contributed by atoms with van der Waals surface area (Å²) >= 11 is 0. The molecular formula is C22H25FN9O10P. The topological polar surface area (TPSA) is 270 Å². The third-order valence-corrected chi connectivity index (χ3v) is 8.66. The number of halogens is 1. The van der Waals surface area contributed by atoms with Gasteiger partial charge in [-0.15, -0.1) is 0 Å². The van der Waals surface area contributed by atoms with Crippen LogP contribution in [0.4, 0.5) is 16.2 Å². The van der Waals surface area contributed by atoms with Crippen molar-refractivity contribution in [2.24, 2.45) is 5.92 Å². The number of aliphatic hydroxyl groups is 2. The lowest BCUT2D eigenvalue weighted by Crippen LogP contribution is -2.37. The summed E-state index contributed by atoms with van der Waals surface area (Å²) in [7, 11) is -4.95. The molecule has 4 aromatic heterocycles. The lowest BCUT2D eigenvalue weighted by atomic mass is 9.95. The number of phosphoric acid groups is 1. The quantitative estimate of drug-likeness (QED) is 0.144. The molecule has 3 saturated heterocycles. The smallest absolute Gasteiger partial charge is 0.388 e. The van der Waals surface area contributed by atoms with E-state index in [1.807, 2.05) is 0 Å². The molecule has 0 aromatic carbocycles. The standard InChI is InChI=1S/C22H25FN9O10P/c23-8-3-31(16-10(8)15(24)26-5-27-16)19-12(33)7-1-2-38-21-13(34)14(42-43(36,37)39-4-9(7)40-19)20(41-21)32-6-28-11-17(32)29-22(25)30-18(11)35/h3,5-7,9,12-14,19-21,33-34H,1-2,4H2,(H,36,37)(H2,24,26,27)(H3,25,29,30,35)/t7-,9-,12-,13+,14-,19-,20-,21?/m1/s1. The van der Waals surface area contributed by atoms with E-state index >= 15 is 0 Å². The molecule has 2 bridgehead atoms. The second kappa shape index (κ2) is 10.3. The molecule has 0 spiro atoms. The van der Waals surface area contributed by atoms with Crippen LogP contribution in [0.2, 0.25) is 0 Å². The molecule has 19 nitrogen and oxygen atoms in total. The molecule has 3 aliphatic heterocycles. The Morgan fingerprint density at radius 1 is 1.09 bits per heavy atom. The second-order valence-corrected chi connectivity index (χ2v) is 11.6. The van der Waals surface area contributed by atoms with Crippen molar-refractivity contribution in [1.29, 1.82) is 0 Å². The van der Waals surface area contributed by atoms with Crippen molar-refractivity contribution in [3.63, 3.8) is 0 Å². The Balaban J connectivity index is 1.17. The molecule has 0 radical (unpaired) electrons. The highest BCUT2D eigenvalue weighted by atomic mass is 31.2. The fourth-order valence-corrected chi connectivity index (χ4v) is 6.63. The molecule has 4 aromatic rings. The van der Waals surface area contributed by atoms with Gasteiger partial charge in [-0.25, -0.2) is 23.9 Å². The lowest BCUT2D eigenvalue weighted by molar-refractivity contribution is -0.178. The summed E-state index contributed by atoms with van der Waals surface area (Å²) < 4.78 is 58.5. The number of rotatable bonds is 2. The number of aliphatic hydroxyl groups excluding tert-OH is 2. The van der Waals surface area contributed by atoms with Gasteiger partial charge in [0.25, 0.3) is 5.56 Å². The molecule has 8 N–H and O–H groups in total. The summed E-state index contributed by atoms with van der Waals surface area (Å²) in [5.41, 5.74) is 10.8. The van der Waals surface area contributed by atoms with Gasteiger partial charge in [0.1, 0.15) is 30.5 Å². The van der Waals surface area contributed by atoms with Gasteiger partial charge in [0.2, 0.25) is 5.95 Å². The van der Waals surface area contributed by atoms with Gasteiger partial charge in [0.05, 0.1) is 31.0 Å². The number of fused-ring (bicyclic) bond motifs is 5. The van der Waals surface area contributed by atoms with Crippen molar-refractivity contribution >= 4 is 41.8 Å². The number of aromatic amines is 1. The Labute approximate surface area is 238 Å².